The van der Waals surface area contributed by atoms with Crippen molar-refractivity contribution < 1.29 is 9.69 Å². The van der Waals surface area contributed by atoms with Crippen LogP contribution in [0.5, 0.6) is 0 Å². The van der Waals surface area contributed by atoms with Gasteiger partial charge in [0.15, 0.2) is 5.78 Å². The normalized spacial score (nSPS) is 37.4. The number of hydrogen-bond acceptors (Lipinski definition) is 1. The first-order valence-corrected chi connectivity index (χ1v) is 8.13. The van der Waals surface area contributed by atoms with Gasteiger partial charge in [0.05, 0.1) is 13.1 Å². The van der Waals surface area contributed by atoms with Crippen molar-refractivity contribution in [2.45, 2.75) is 57.2 Å². The highest BCUT2D eigenvalue weighted by Crippen LogP contribution is 2.27. The molecule has 0 aromatic carbocycles. The second-order valence-electron chi connectivity index (χ2n) is 6.21. The summed E-state index contributed by atoms with van der Waals surface area (Å²) in [4.78, 5) is 13.8. The van der Waals surface area contributed by atoms with Crippen molar-refractivity contribution in [2.24, 2.45) is 11.8 Å². The van der Waals surface area contributed by atoms with Crippen molar-refractivity contribution >= 4 is 17.4 Å². The highest BCUT2D eigenvalue weighted by molar-refractivity contribution is 6.20. The van der Waals surface area contributed by atoms with E-state index < -0.39 is 0 Å². The van der Waals surface area contributed by atoms with Crippen molar-refractivity contribution in [3.8, 4) is 0 Å². The molecular formula is C15H27ClNO+. The summed E-state index contributed by atoms with van der Waals surface area (Å²) < 4.78 is 0. The maximum atomic E-state index is 12.3. The SMILES string of the molecule is CCC1CCC[NH+](CC(=O)C2CCC(Cl)CC2)C1. The third kappa shape index (κ3) is 3.96. The Kier molecular flexibility index (Phi) is 5.50. The molecule has 2 fully saturated rings. The average Bonchev–Trinajstić information content (AvgIpc) is 2.39. The number of alkyl halides is 1. The molecule has 1 N–H and O–H groups in total. The van der Waals surface area contributed by atoms with E-state index in [4.69, 9.17) is 11.6 Å². The number of piperidine rings is 1. The fourth-order valence-electron chi connectivity index (χ4n) is 3.53. The Bertz CT molecular complexity index is 274. The second-order valence-corrected chi connectivity index (χ2v) is 6.83. The van der Waals surface area contributed by atoms with E-state index in [0.717, 1.165) is 38.1 Å². The Morgan fingerprint density at radius 2 is 1.94 bits per heavy atom. The molecule has 3 heteroatoms. The van der Waals surface area contributed by atoms with Gasteiger partial charge in [-0.15, -0.1) is 11.6 Å². The Labute approximate surface area is 116 Å². The molecule has 1 aliphatic heterocycles. The van der Waals surface area contributed by atoms with Crippen LogP contribution in [0.2, 0.25) is 0 Å². The number of hydrogen-bond donors (Lipinski definition) is 1. The molecule has 0 amide bonds. The summed E-state index contributed by atoms with van der Waals surface area (Å²) in [6.07, 6.45) is 8.06. The van der Waals surface area contributed by atoms with Gasteiger partial charge in [-0.25, -0.2) is 0 Å². The smallest absolute Gasteiger partial charge is 0.189 e. The lowest BCUT2D eigenvalue weighted by Gasteiger charge is -2.30. The Hall–Kier alpha value is -0.0800. The summed E-state index contributed by atoms with van der Waals surface area (Å²) in [6.45, 7) is 5.46. The van der Waals surface area contributed by atoms with Crippen LogP contribution in [-0.2, 0) is 4.79 Å². The zero-order chi connectivity index (χ0) is 13.0. The summed E-state index contributed by atoms with van der Waals surface area (Å²) in [5, 5.41) is 0.320. The van der Waals surface area contributed by atoms with E-state index in [-0.39, 0.29) is 0 Å². The molecule has 1 saturated carbocycles. The van der Waals surface area contributed by atoms with Crippen LogP contribution in [0.15, 0.2) is 0 Å². The van der Waals surface area contributed by atoms with Crippen molar-refractivity contribution in [1.82, 2.24) is 0 Å². The van der Waals surface area contributed by atoms with Gasteiger partial charge in [-0.2, -0.15) is 0 Å². The molecule has 2 unspecified atom stereocenters. The Morgan fingerprint density at radius 1 is 1.22 bits per heavy atom. The lowest BCUT2D eigenvalue weighted by Crippen LogP contribution is -3.14. The Morgan fingerprint density at radius 3 is 2.61 bits per heavy atom. The molecule has 2 rings (SSSR count). The summed E-state index contributed by atoms with van der Waals surface area (Å²) >= 11 is 6.10. The molecular weight excluding hydrogens is 246 g/mol. The number of halogens is 1. The van der Waals surface area contributed by atoms with E-state index in [1.54, 1.807) is 0 Å². The largest absolute Gasteiger partial charge is 0.329 e. The molecule has 2 aliphatic rings. The van der Waals surface area contributed by atoms with E-state index in [9.17, 15) is 4.79 Å². The predicted octanol–water partition coefficient (Wildman–Crippen LogP) is 2.06. The van der Waals surface area contributed by atoms with Crippen LogP contribution in [0, 0.1) is 11.8 Å². The first-order chi connectivity index (χ1) is 8.69. The van der Waals surface area contributed by atoms with Crippen LogP contribution in [0.4, 0.5) is 0 Å². The number of nitrogens with one attached hydrogen (secondary N) is 1. The maximum Gasteiger partial charge on any atom is 0.189 e. The number of Topliss-reactive ketones (excluding diaryl/α,β-unsaturated/α-hetero) is 1. The number of ketones is 1. The number of carbonyl (C=O) groups is 1. The minimum atomic E-state index is 0.314. The topological polar surface area (TPSA) is 21.5 Å². The third-order valence-corrected chi connectivity index (χ3v) is 5.27. The van der Waals surface area contributed by atoms with Gasteiger partial charge in [0.25, 0.3) is 0 Å². The summed E-state index contributed by atoms with van der Waals surface area (Å²) in [5.41, 5.74) is 0. The van der Waals surface area contributed by atoms with Gasteiger partial charge in [0, 0.05) is 17.2 Å². The van der Waals surface area contributed by atoms with E-state index in [2.05, 4.69) is 6.92 Å². The van der Waals surface area contributed by atoms with Crippen LogP contribution < -0.4 is 4.90 Å². The van der Waals surface area contributed by atoms with Crippen molar-refractivity contribution in [3.05, 3.63) is 0 Å². The van der Waals surface area contributed by atoms with Gasteiger partial charge in [-0.3, -0.25) is 4.79 Å². The van der Waals surface area contributed by atoms with Crippen LogP contribution in [0.1, 0.15) is 51.9 Å². The zero-order valence-electron chi connectivity index (χ0n) is 11.6. The average molecular weight is 273 g/mol. The number of rotatable bonds is 4. The third-order valence-electron chi connectivity index (χ3n) is 4.83. The van der Waals surface area contributed by atoms with Gasteiger partial charge < -0.3 is 4.90 Å². The van der Waals surface area contributed by atoms with E-state index >= 15 is 0 Å². The van der Waals surface area contributed by atoms with Crippen LogP contribution in [-0.4, -0.2) is 30.8 Å². The molecule has 2 nitrogen and oxygen atoms in total. The first-order valence-electron chi connectivity index (χ1n) is 7.69. The van der Waals surface area contributed by atoms with Crippen molar-refractivity contribution in [1.29, 1.82) is 0 Å². The standard InChI is InChI=1S/C15H26ClNO/c1-2-12-4-3-9-17(10-12)11-15(18)13-5-7-14(16)8-6-13/h12-14H,2-11H2,1H3/p+1. The maximum absolute atomic E-state index is 12.3. The molecule has 2 atom stereocenters. The van der Waals surface area contributed by atoms with Gasteiger partial charge in [-0.05, 0) is 44.9 Å². The van der Waals surface area contributed by atoms with Crippen LogP contribution in [0.25, 0.3) is 0 Å². The van der Waals surface area contributed by atoms with Crippen LogP contribution >= 0.6 is 11.6 Å². The number of carbonyl (C=O) groups excluding carboxylic acids is 1. The van der Waals surface area contributed by atoms with Gasteiger partial charge in [0.2, 0.25) is 0 Å². The fourth-order valence-corrected chi connectivity index (χ4v) is 3.78. The molecule has 18 heavy (non-hydrogen) atoms. The summed E-state index contributed by atoms with van der Waals surface area (Å²) in [6, 6.07) is 0. The van der Waals surface area contributed by atoms with Gasteiger partial charge in [-0.1, -0.05) is 6.92 Å². The monoisotopic (exact) mass is 272 g/mol. The van der Waals surface area contributed by atoms with E-state index in [1.807, 2.05) is 0 Å². The minimum Gasteiger partial charge on any atom is -0.329 e. The quantitative estimate of drug-likeness (QED) is 0.778. The summed E-state index contributed by atoms with van der Waals surface area (Å²) in [7, 11) is 0. The highest BCUT2D eigenvalue weighted by Gasteiger charge is 2.29. The molecule has 0 spiro atoms. The highest BCUT2D eigenvalue weighted by atomic mass is 35.5. The zero-order valence-corrected chi connectivity index (χ0v) is 12.3. The first kappa shape index (κ1) is 14.3. The van der Waals surface area contributed by atoms with Crippen molar-refractivity contribution in [2.75, 3.05) is 19.6 Å². The molecule has 0 bridgehead atoms. The Balaban J connectivity index is 1.76. The molecule has 1 saturated heterocycles. The second kappa shape index (κ2) is 6.91. The molecule has 0 radical (unpaired) electrons. The molecule has 104 valence electrons. The predicted molar refractivity (Wildman–Crippen MR) is 75.2 cm³/mol. The lowest BCUT2D eigenvalue weighted by molar-refractivity contribution is -0.900. The van der Waals surface area contributed by atoms with Crippen LogP contribution in [0.3, 0.4) is 0 Å². The van der Waals surface area contributed by atoms with E-state index in [0.29, 0.717) is 17.1 Å². The van der Waals surface area contributed by atoms with Gasteiger partial charge >= 0.3 is 0 Å². The minimum absolute atomic E-state index is 0.314. The molecule has 0 aromatic rings. The summed E-state index contributed by atoms with van der Waals surface area (Å²) in [5.74, 6) is 1.67. The fraction of sp³-hybridized carbons (Fsp3) is 0.933. The lowest BCUT2D eigenvalue weighted by atomic mass is 9.85. The molecule has 1 aliphatic carbocycles. The van der Waals surface area contributed by atoms with Gasteiger partial charge in [0.1, 0.15) is 6.54 Å². The van der Waals surface area contributed by atoms with E-state index in [1.165, 1.54) is 37.3 Å². The number of likely N-dealkylation sites (tertiary alicyclic amines) is 1. The molecule has 1 heterocycles. The molecule has 0 aromatic heterocycles. The van der Waals surface area contributed by atoms with Crippen molar-refractivity contribution in [3.63, 3.8) is 0 Å². The number of quaternary nitrogens is 1.